The molecule has 0 bridgehead atoms. The van der Waals surface area contributed by atoms with Crippen LogP contribution >= 0.6 is 15.9 Å². The Morgan fingerprint density at radius 3 is 2.71 bits per heavy atom. The molecule has 0 amide bonds. The number of rotatable bonds is 7. The molecule has 1 aromatic carbocycles. The van der Waals surface area contributed by atoms with E-state index in [1.807, 2.05) is 12.1 Å². The molecule has 0 aliphatic rings. The van der Waals surface area contributed by atoms with Crippen LogP contribution in [0.3, 0.4) is 0 Å². The molecule has 0 aliphatic heterocycles. The van der Waals surface area contributed by atoms with E-state index in [0.717, 1.165) is 25.1 Å². The molecule has 0 radical (unpaired) electrons. The SMILES string of the molecule is COCCNCCc1cc(Br)c(O)c(OC)c1. The summed E-state index contributed by atoms with van der Waals surface area (Å²) in [7, 11) is 3.23. The van der Waals surface area contributed by atoms with Gasteiger partial charge < -0.3 is 19.9 Å². The second-order valence-electron chi connectivity index (χ2n) is 3.62. The Balaban J connectivity index is 2.51. The van der Waals surface area contributed by atoms with Crippen LogP contribution in [-0.2, 0) is 11.2 Å². The third-order valence-corrected chi connectivity index (χ3v) is 2.99. The Kier molecular flexibility index (Phi) is 6.32. The molecule has 1 aromatic rings. The van der Waals surface area contributed by atoms with E-state index in [1.54, 1.807) is 14.2 Å². The van der Waals surface area contributed by atoms with E-state index in [9.17, 15) is 5.11 Å². The summed E-state index contributed by atoms with van der Waals surface area (Å²) in [6, 6.07) is 3.74. The van der Waals surface area contributed by atoms with Crippen molar-refractivity contribution in [2.75, 3.05) is 33.9 Å². The lowest BCUT2D eigenvalue weighted by atomic mass is 10.1. The zero-order valence-electron chi connectivity index (χ0n) is 10.1. The Morgan fingerprint density at radius 2 is 2.06 bits per heavy atom. The van der Waals surface area contributed by atoms with Crippen LogP contribution in [0.4, 0.5) is 0 Å². The highest BCUT2D eigenvalue weighted by molar-refractivity contribution is 9.10. The fourth-order valence-corrected chi connectivity index (χ4v) is 1.95. The highest BCUT2D eigenvalue weighted by atomic mass is 79.9. The normalized spacial score (nSPS) is 10.5. The number of benzene rings is 1. The molecule has 0 atom stereocenters. The highest BCUT2D eigenvalue weighted by Crippen LogP contribution is 2.35. The largest absolute Gasteiger partial charge is 0.503 e. The molecular formula is C12H18BrNO3. The second kappa shape index (κ2) is 7.53. The third kappa shape index (κ3) is 4.53. The van der Waals surface area contributed by atoms with E-state index in [-0.39, 0.29) is 5.75 Å². The minimum atomic E-state index is 0.142. The average molecular weight is 304 g/mol. The van der Waals surface area contributed by atoms with Crippen LogP contribution in [0.15, 0.2) is 16.6 Å². The molecule has 5 heteroatoms. The lowest BCUT2D eigenvalue weighted by Gasteiger charge is -2.09. The highest BCUT2D eigenvalue weighted by Gasteiger charge is 2.08. The molecule has 2 N–H and O–H groups in total. The number of ether oxygens (including phenoxy) is 2. The number of methoxy groups -OCH3 is 2. The maximum absolute atomic E-state index is 9.66. The number of halogens is 1. The van der Waals surface area contributed by atoms with Crippen molar-refractivity contribution in [1.29, 1.82) is 0 Å². The molecule has 0 heterocycles. The molecule has 4 nitrogen and oxygen atoms in total. The number of phenolic OH excluding ortho intramolecular Hbond substituents is 1. The first-order valence-electron chi connectivity index (χ1n) is 5.44. The molecule has 96 valence electrons. The predicted molar refractivity (Wildman–Crippen MR) is 70.8 cm³/mol. The van der Waals surface area contributed by atoms with Crippen LogP contribution in [0, 0.1) is 0 Å². The fourth-order valence-electron chi connectivity index (χ4n) is 1.46. The van der Waals surface area contributed by atoms with Gasteiger partial charge in [-0.3, -0.25) is 0 Å². The molecule has 0 aromatic heterocycles. The third-order valence-electron chi connectivity index (χ3n) is 2.38. The van der Waals surface area contributed by atoms with Crippen LogP contribution in [-0.4, -0.2) is 39.0 Å². The Morgan fingerprint density at radius 1 is 1.29 bits per heavy atom. The quantitative estimate of drug-likeness (QED) is 0.756. The smallest absolute Gasteiger partial charge is 0.172 e. The molecule has 17 heavy (non-hydrogen) atoms. The summed E-state index contributed by atoms with van der Waals surface area (Å²) < 4.78 is 10.7. The minimum absolute atomic E-state index is 0.142. The summed E-state index contributed by atoms with van der Waals surface area (Å²) in [6.45, 7) is 2.42. The molecule has 0 unspecified atom stereocenters. The van der Waals surface area contributed by atoms with Gasteiger partial charge in [-0.15, -0.1) is 0 Å². The second-order valence-corrected chi connectivity index (χ2v) is 4.48. The van der Waals surface area contributed by atoms with Crippen molar-refractivity contribution in [2.24, 2.45) is 0 Å². The van der Waals surface area contributed by atoms with E-state index >= 15 is 0 Å². The Labute approximate surface area is 110 Å². The number of hydrogen-bond donors (Lipinski definition) is 2. The van der Waals surface area contributed by atoms with Gasteiger partial charge in [-0.2, -0.15) is 0 Å². The fraction of sp³-hybridized carbons (Fsp3) is 0.500. The van der Waals surface area contributed by atoms with E-state index in [2.05, 4.69) is 21.2 Å². The van der Waals surface area contributed by atoms with Crippen molar-refractivity contribution in [3.05, 3.63) is 22.2 Å². The average Bonchev–Trinajstić information content (AvgIpc) is 2.33. The number of nitrogens with one attached hydrogen (secondary N) is 1. The van der Waals surface area contributed by atoms with Gasteiger partial charge in [-0.1, -0.05) is 0 Å². The van der Waals surface area contributed by atoms with E-state index in [0.29, 0.717) is 16.8 Å². The van der Waals surface area contributed by atoms with E-state index < -0.39 is 0 Å². The Bertz CT molecular complexity index is 358. The van der Waals surface area contributed by atoms with Crippen molar-refractivity contribution >= 4 is 15.9 Å². The minimum Gasteiger partial charge on any atom is -0.503 e. The van der Waals surface area contributed by atoms with Gasteiger partial charge in [0, 0.05) is 13.7 Å². The van der Waals surface area contributed by atoms with Gasteiger partial charge in [0.15, 0.2) is 11.5 Å². The van der Waals surface area contributed by atoms with Crippen LogP contribution in [0.5, 0.6) is 11.5 Å². The van der Waals surface area contributed by atoms with E-state index in [4.69, 9.17) is 9.47 Å². The van der Waals surface area contributed by atoms with Crippen LogP contribution in [0.1, 0.15) is 5.56 Å². The summed E-state index contributed by atoms with van der Waals surface area (Å²) in [6.07, 6.45) is 0.874. The van der Waals surface area contributed by atoms with Crippen molar-refractivity contribution < 1.29 is 14.6 Å². The van der Waals surface area contributed by atoms with Crippen LogP contribution < -0.4 is 10.1 Å². The topological polar surface area (TPSA) is 50.7 Å². The van der Waals surface area contributed by atoms with Crippen LogP contribution in [0.2, 0.25) is 0 Å². The summed E-state index contributed by atoms with van der Waals surface area (Å²) in [5.74, 6) is 0.634. The van der Waals surface area contributed by atoms with Crippen molar-refractivity contribution in [3.8, 4) is 11.5 Å². The van der Waals surface area contributed by atoms with Crippen molar-refractivity contribution in [1.82, 2.24) is 5.32 Å². The van der Waals surface area contributed by atoms with E-state index in [1.165, 1.54) is 0 Å². The molecule has 0 spiro atoms. The number of aromatic hydroxyl groups is 1. The molecule has 0 saturated carbocycles. The lowest BCUT2D eigenvalue weighted by molar-refractivity contribution is 0.199. The van der Waals surface area contributed by atoms with Gasteiger partial charge >= 0.3 is 0 Å². The summed E-state index contributed by atoms with van der Waals surface area (Å²) >= 11 is 3.30. The van der Waals surface area contributed by atoms with Crippen molar-refractivity contribution in [2.45, 2.75) is 6.42 Å². The standard InChI is InChI=1S/C12H18BrNO3/c1-16-6-5-14-4-3-9-7-10(13)12(15)11(8-9)17-2/h7-8,14-15H,3-6H2,1-2H3. The Hall–Kier alpha value is -0.780. The lowest BCUT2D eigenvalue weighted by Crippen LogP contribution is -2.21. The first kappa shape index (κ1) is 14.3. The first-order chi connectivity index (χ1) is 8.19. The molecular weight excluding hydrogens is 286 g/mol. The molecule has 0 fully saturated rings. The van der Waals surface area contributed by atoms with Crippen LogP contribution in [0.25, 0.3) is 0 Å². The summed E-state index contributed by atoms with van der Waals surface area (Å²) in [5, 5.41) is 12.9. The monoisotopic (exact) mass is 303 g/mol. The van der Waals surface area contributed by atoms with Gasteiger partial charge in [-0.25, -0.2) is 0 Å². The summed E-state index contributed by atoms with van der Waals surface area (Å²) in [4.78, 5) is 0. The molecule has 1 rings (SSSR count). The number of hydrogen-bond acceptors (Lipinski definition) is 4. The molecule has 0 aliphatic carbocycles. The van der Waals surface area contributed by atoms with Crippen molar-refractivity contribution in [3.63, 3.8) is 0 Å². The maximum Gasteiger partial charge on any atom is 0.172 e. The first-order valence-corrected chi connectivity index (χ1v) is 6.23. The van der Waals surface area contributed by atoms with Gasteiger partial charge in [0.05, 0.1) is 18.2 Å². The number of phenols is 1. The van der Waals surface area contributed by atoms with Gasteiger partial charge in [0.1, 0.15) is 0 Å². The zero-order valence-corrected chi connectivity index (χ0v) is 11.7. The zero-order chi connectivity index (χ0) is 12.7. The molecule has 0 saturated heterocycles. The van der Waals surface area contributed by atoms with Gasteiger partial charge in [-0.05, 0) is 46.6 Å². The van der Waals surface area contributed by atoms with Gasteiger partial charge in [0.2, 0.25) is 0 Å². The predicted octanol–water partition coefficient (Wildman–Crippen LogP) is 1.94. The summed E-state index contributed by atoms with van der Waals surface area (Å²) in [5.41, 5.74) is 1.11. The maximum atomic E-state index is 9.66. The van der Waals surface area contributed by atoms with Gasteiger partial charge in [0.25, 0.3) is 0 Å².